The number of carbonyl (C=O) groups is 2. The SMILES string of the molecule is CCCC(=O)CCCCC12CC3CC(C1)CC(CCCCC(=O)CCC)(C3)C2. The van der Waals surface area contributed by atoms with Crippen LogP contribution in [0.25, 0.3) is 0 Å². The van der Waals surface area contributed by atoms with E-state index >= 15 is 0 Å². The van der Waals surface area contributed by atoms with Crippen molar-refractivity contribution in [3.8, 4) is 0 Å². The summed E-state index contributed by atoms with van der Waals surface area (Å²) in [6.07, 6.45) is 21.5. The van der Waals surface area contributed by atoms with Gasteiger partial charge in [0.1, 0.15) is 11.6 Å². The molecular weight excluding hydrogens is 344 g/mol. The lowest BCUT2D eigenvalue weighted by Crippen LogP contribution is -2.51. The summed E-state index contributed by atoms with van der Waals surface area (Å²) in [4.78, 5) is 23.7. The largest absolute Gasteiger partial charge is 0.300 e. The molecule has 4 aliphatic carbocycles. The van der Waals surface area contributed by atoms with Crippen molar-refractivity contribution in [3.05, 3.63) is 0 Å². The third-order valence-corrected chi connectivity index (χ3v) is 8.19. The van der Waals surface area contributed by atoms with Crippen molar-refractivity contribution in [1.29, 1.82) is 0 Å². The van der Waals surface area contributed by atoms with E-state index in [2.05, 4.69) is 13.8 Å². The molecule has 2 heteroatoms. The van der Waals surface area contributed by atoms with E-state index in [4.69, 9.17) is 0 Å². The highest BCUT2D eigenvalue weighted by molar-refractivity contribution is 5.78. The third-order valence-electron chi connectivity index (χ3n) is 8.19. The maximum atomic E-state index is 11.8. The van der Waals surface area contributed by atoms with Crippen molar-refractivity contribution >= 4 is 11.6 Å². The van der Waals surface area contributed by atoms with Gasteiger partial charge in [-0.05, 0) is 99.7 Å². The molecule has 0 unspecified atom stereocenters. The zero-order valence-corrected chi connectivity index (χ0v) is 18.7. The van der Waals surface area contributed by atoms with Gasteiger partial charge in [-0.2, -0.15) is 0 Å². The Labute approximate surface area is 173 Å². The summed E-state index contributed by atoms with van der Waals surface area (Å²) in [6.45, 7) is 4.21. The van der Waals surface area contributed by atoms with Crippen LogP contribution in [-0.2, 0) is 9.59 Å². The zero-order chi connectivity index (χ0) is 20.0. The van der Waals surface area contributed by atoms with Crippen LogP contribution in [0.3, 0.4) is 0 Å². The number of unbranched alkanes of at least 4 members (excludes halogenated alkanes) is 2. The van der Waals surface area contributed by atoms with Crippen LogP contribution >= 0.6 is 0 Å². The maximum Gasteiger partial charge on any atom is 0.132 e. The van der Waals surface area contributed by atoms with E-state index in [-0.39, 0.29) is 0 Å². The van der Waals surface area contributed by atoms with Gasteiger partial charge in [0.15, 0.2) is 0 Å². The first kappa shape index (κ1) is 22.0. The second kappa shape index (κ2) is 9.90. The lowest BCUT2D eigenvalue weighted by atomic mass is 9.42. The first-order chi connectivity index (χ1) is 13.5. The molecule has 0 atom stereocenters. The first-order valence-electron chi connectivity index (χ1n) is 12.5. The molecule has 4 aliphatic rings. The zero-order valence-electron chi connectivity index (χ0n) is 18.7. The van der Waals surface area contributed by atoms with E-state index in [1.54, 1.807) is 0 Å². The number of Topliss-reactive ketones (excluding diaryl/α,β-unsaturated/α-hetero) is 2. The summed E-state index contributed by atoms with van der Waals surface area (Å²) in [5.74, 6) is 2.90. The van der Waals surface area contributed by atoms with Gasteiger partial charge in [-0.25, -0.2) is 0 Å². The Morgan fingerprint density at radius 1 is 0.679 bits per heavy atom. The summed E-state index contributed by atoms with van der Waals surface area (Å²) in [7, 11) is 0. The molecular formula is C26H44O2. The molecule has 0 aliphatic heterocycles. The lowest BCUT2D eigenvalue weighted by Gasteiger charge is -2.63. The van der Waals surface area contributed by atoms with Crippen molar-refractivity contribution < 1.29 is 9.59 Å². The fourth-order valence-corrected chi connectivity index (χ4v) is 7.69. The molecule has 0 amide bonds. The van der Waals surface area contributed by atoms with Crippen LogP contribution in [0.15, 0.2) is 0 Å². The maximum absolute atomic E-state index is 11.8. The van der Waals surface area contributed by atoms with Gasteiger partial charge in [-0.1, -0.05) is 26.7 Å². The summed E-state index contributed by atoms with van der Waals surface area (Å²) >= 11 is 0. The van der Waals surface area contributed by atoms with Gasteiger partial charge in [0, 0.05) is 25.7 Å². The number of ketones is 2. The fraction of sp³-hybridized carbons (Fsp3) is 0.923. The highest BCUT2D eigenvalue weighted by atomic mass is 16.1. The van der Waals surface area contributed by atoms with Crippen molar-refractivity contribution in [2.45, 2.75) is 129 Å². The van der Waals surface area contributed by atoms with Crippen LogP contribution in [-0.4, -0.2) is 11.6 Å². The van der Waals surface area contributed by atoms with E-state index in [1.807, 2.05) is 0 Å². The van der Waals surface area contributed by atoms with Gasteiger partial charge in [-0.15, -0.1) is 0 Å². The minimum absolute atomic E-state index is 0.474. The van der Waals surface area contributed by atoms with Gasteiger partial charge < -0.3 is 0 Å². The fourth-order valence-electron chi connectivity index (χ4n) is 7.69. The Morgan fingerprint density at radius 3 is 1.50 bits per heavy atom. The van der Waals surface area contributed by atoms with Gasteiger partial charge in [-0.3, -0.25) is 9.59 Å². The smallest absolute Gasteiger partial charge is 0.132 e. The second-order valence-corrected chi connectivity index (χ2v) is 11.0. The van der Waals surface area contributed by atoms with E-state index in [0.29, 0.717) is 22.4 Å². The Bertz CT molecular complexity index is 477. The molecule has 2 nitrogen and oxygen atoms in total. The molecule has 0 aromatic carbocycles. The van der Waals surface area contributed by atoms with Crippen molar-refractivity contribution in [1.82, 2.24) is 0 Å². The van der Waals surface area contributed by atoms with E-state index in [9.17, 15) is 9.59 Å². The highest BCUT2D eigenvalue weighted by Gasteiger charge is 2.56. The average molecular weight is 389 g/mol. The minimum Gasteiger partial charge on any atom is -0.300 e. The molecule has 28 heavy (non-hydrogen) atoms. The van der Waals surface area contributed by atoms with E-state index < -0.39 is 0 Å². The molecule has 160 valence electrons. The molecule has 4 saturated carbocycles. The lowest BCUT2D eigenvalue weighted by molar-refractivity contribution is -0.122. The minimum atomic E-state index is 0.474. The molecule has 0 aromatic heterocycles. The third kappa shape index (κ3) is 5.70. The molecule has 0 spiro atoms. The van der Waals surface area contributed by atoms with Gasteiger partial charge >= 0.3 is 0 Å². The molecule has 0 radical (unpaired) electrons. The van der Waals surface area contributed by atoms with Crippen LogP contribution in [0.1, 0.15) is 129 Å². The predicted molar refractivity (Wildman–Crippen MR) is 116 cm³/mol. The number of hydrogen-bond acceptors (Lipinski definition) is 2. The van der Waals surface area contributed by atoms with E-state index in [0.717, 1.165) is 63.2 Å². The van der Waals surface area contributed by atoms with Crippen LogP contribution in [0.2, 0.25) is 0 Å². The molecule has 4 fully saturated rings. The summed E-state index contributed by atoms with van der Waals surface area (Å²) in [5.41, 5.74) is 1.21. The summed E-state index contributed by atoms with van der Waals surface area (Å²) < 4.78 is 0. The number of rotatable bonds is 14. The van der Waals surface area contributed by atoms with Gasteiger partial charge in [0.05, 0.1) is 0 Å². The molecule has 0 saturated heterocycles. The normalized spacial score (nSPS) is 33.4. The molecule has 0 heterocycles. The van der Waals surface area contributed by atoms with Crippen molar-refractivity contribution in [3.63, 3.8) is 0 Å². The number of hydrogen-bond donors (Lipinski definition) is 0. The average Bonchev–Trinajstić information content (AvgIpc) is 2.62. The standard InChI is InChI=1S/C26H44O2/c1-3-9-23(27)11-5-7-13-25-16-21-15-22(17-25)19-26(18-21,20-25)14-8-6-12-24(28)10-4-2/h21-22H,3-20H2,1-2H3. The first-order valence-corrected chi connectivity index (χ1v) is 12.5. The van der Waals surface area contributed by atoms with Gasteiger partial charge in [0.2, 0.25) is 0 Å². The number of carbonyl (C=O) groups excluding carboxylic acids is 2. The predicted octanol–water partition coefficient (Wildman–Crippen LogP) is 7.43. The summed E-state index contributed by atoms with van der Waals surface area (Å²) in [5, 5.41) is 0. The van der Waals surface area contributed by atoms with Crippen LogP contribution in [0.4, 0.5) is 0 Å². The second-order valence-electron chi connectivity index (χ2n) is 11.0. The molecule has 4 bridgehead atoms. The highest BCUT2D eigenvalue weighted by Crippen LogP contribution is 2.67. The monoisotopic (exact) mass is 388 g/mol. The van der Waals surface area contributed by atoms with Crippen molar-refractivity contribution in [2.24, 2.45) is 22.7 Å². The Balaban J connectivity index is 1.47. The quantitative estimate of drug-likeness (QED) is 0.290. The Hall–Kier alpha value is -0.660. The van der Waals surface area contributed by atoms with E-state index in [1.165, 1.54) is 64.2 Å². The summed E-state index contributed by atoms with van der Waals surface area (Å²) in [6, 6.07) is 0. The topological polar surface area (TPSA) is 34.1 Å². The molecule has 0 aromatic rings. The Morgan fingerprint density at radius 2 is 1.11 bits per heavy atom. The molecule has 4 rings (SSSR count). The Kier molecular flexibility index (Phi) is 7.79. The van der Waals surface area contributed by atoms with Crippen molar-refractivity contribution in [2.75, 3.05) is 0 Å². The van der Waals surface area contributed by atoms with Crippen LogP contribution in [0.5, 0.6) is 0 Å². The van der Waals surface area contributed by atoms with Crippen LogP contribution in [0, 0.1) is 22.7 Å². The van der Waals surface area contributed by atoms with Gasteiger partial charge in [0.25, 0.3) is 0 Å². The molecule has 0 N–H and O–H groups in total. The van der Waals surface area contributed by atoms with Crippen LogP contribution < -0.4 is 0 Å².